The van der Waals surface area contributed by atoms with E-state index in [-0.39, 0.29) is 5.82 Å². The molecule has 0 unspecified atom stereocenters. The number of hydrogen-bond donors (Lipinski definition) is 1. The minimum absolute atomic E-state index is 0.208. The SMILES string of the molecule is CCN1CCc2nc3ccc(F)cc3c(CS)c2C1. The number of pyridine rings is 1. The Morgan fingerprint density at radius 1 is 1.42 bits per heavy atom. The Morgan fingerprint density at radius 3 is 3.00 bits per heavy atom. The van der Waals surface area contributed by atoms with Crippen LogP contribution in [0, 0.1) is 5.82 Å². The molecule has 0 fully saturated rings. The summed E-state index contributed by atoms with van der Waals surface area (Å²) in [6.45, 7) is 5.16. The van der Waals surface area contributed by atoms with Crippen molar-refractivity contribution in [1.82, 2.24) is 9.88 Å². The molecule has 1 aliphatic heterocycles. The third kappa shape index (κ3) is 2.23. The van der Waals surface area contributed by atoms with Crippen LogP contribution in [0.4, 0.5) is 4.39 Å². The van der Waals surface area contributed by atoms with Crippen LogP contribution in [0.25, 0.3) is 10.9 Å². The van der Waals surface area contributed by atoms with Crippen LogP contribution in [-0.2, 0) is 18.7 Å². The van der Waals surface area contributed by atoms with E-state index < -0.39 is 0 Å². The molecule has 0 radical (unpaired) electrons. The summed E-state index contributed by atoms with van der Waals surface area (Å²) in [6.07, 6.45) is 0.970. The fraction of sp³-hybridized carbons (Fsp3) is 0.400. The number of thiol groups is 1. The summed E-state index contributed by atoms with van der Waals surface area (Å²) in [5.41, 5.74) is 4.43. The minimum atomic E-state index is -0.208. The van der Waals surface area contributed by atoms with E-state index in [9.17, 15) is 4.39 Å². The first-order valence-corrected chi connectivity index (χ1v) is 7.29. The van der Waals surface area contributed by atoms with Gasteiger partial charge in [0.2, 0.25) is 0 Å². The van der Waals surface area contributed by atoms with E-state index in [1.807, 2.05) is 0 Å². The highest BCUT2D eigenvalue weighted by atomic mass is 32.1. The molecule has 1 aromatic heterocycles. The van der Waals surface area contributed by atoms with Crippen molar-refractivity contribution in [2.45, 2.75) is 25.6 Å². The van der Waals surface area contributed by atoms with Gasteiger partial charge in [0.05, 0.1) is 5.52 Å². The highest BCUT2D eigenvalue weighted by Gasteiger charge is 2.21. The van der Waals surface area contributed by atoms with Crippen molar-refractivity contribution in [2.24, 2.45) is 0 Å². The summed E-state index contributed by atoms with van der Waals surface area (Å²) < 4.78 is 13.5. The van der Waals surface area contributed by atoms with Gasteiger partial charge in [0.1, 0.15) is 5.82 Å². The van der Waals surface area contributed by atoms with Crippen LogP contribution in [0.1, 0.15) is 23.7 Å². The zero-order valence-electron chi connectivity index (χ0n) is 11.0. The van der Waals surface area contributed by atoms with E-state index in [4.69, 9.17) is 4.98 Å². The van der Waals surface area contributed by atoms with Gasteiger partial charge in [-0.25, -0.2) is 4.39 Å². The molecule has 0 bridgehead atoms. The predicted molar refractivity (Wildman–Crippen MR) is 79.0 cm³/mol. The maximum absolute atomic E-state index is 13.5. The van der Waals surface area contributed by atoms with Crippen molar-refractivity contribution < 1.29 is 4.39 Å². The Balaban J connectivity index is 2.23. The number of fused-ring (bicyclic) bond motifs is 2. The lowest BCUT2D eigenvalue weighted by atomic mass is 9.96. The molecule has 2 nitrogen and oxygen atoms in total. The van der Waals surface area contributed by atoms with E-state index in [0.29, 0.717) is 5.75 Å². The van der Waals surface area contributed by atoms with Crippen molar-refractivity contribution in [3.05, 3.63) is 40.8 Å². The molecule has 0 spiro atoms. The van der Waals surface area contributed by atoms with Crippen molar-refractivity contribution in [3.8, 4) is 0 Å². The fourth-order valence-electron chi connectivity index (χ4n) is 2.81. The van der Waals surface area contributed by atoms with Crippen LogP contribution in [0.2, 0.25) is 0 Å². The standard InChI is InChI=1S/C15H17FN2S/c1-2-18-6-5-15-12(8-18)13(9-19)11-7-10(16)3-4-14(11)17-15/h3-4,7,19H,2,5-6,8-9H2,1H3. The predicted octanol–water partition coefficient (Wildman–Crippen LogP) is 3.18. The van der Waals surface area contributed by atoms with E-state index in [0.717, 1.165) is 48.2 Å². The second kappa shape index (κ2) is 5.10. The molecule has 0 saturated carbocycles. The van der Waals surface area contributed by atoms with Gasteiger partial charge in [-0.15, -0.1) is 0 Å². The normalized spacial score (nSPS) is 15.7. The second-order valence-corrected chi connectivity index (χ2v) is 5.27. The van der Waals surface area contributed by atoms with Crippen LogP contribution >= 0.6 is 12.6 Å². The lowest BCUT2D eigenvalue weighted by Crippen LogP contribution is -2.31. The third-order valence-electron chi connectivity index (χ3n) is 3.90. The van der Waals surface area contributed by atoms with Crippen LogP contribution < -0.4 is 0 Å². The van der Waals surface area contributed by atoms with Crippen LogP contribution in [0.3, 0.4) is 0 Å². The number of likely N-dealkylation sites (N-methyl/N-ethyl adjacent to an activating group) is 1. The van der Waals surface area contributed by atoms with Crippen molar-refractivity contribution in [2.75, 3.05) is 13.1 Å². The molecule has 0 amide bonds. The first kappa shape index (κ1) is 12.9. The molecule has 2 heterocycles. The van der Waals surface area contributed by atoms with Gasteiger partial charge >= 0.3 is 0 Å². The van der Waals surface area contributed by atoms with E-state index in [2.05, 4.69) is 24.5 Å². The van der Waals surface area contributed by atoms with Gasteiger partial charge < -0.3 is 0 Å². The molecule has 0 atom stereocenters. The number of hydrogen-bond acceptors (Lipinski definition) is 3. The lowest BCUT2D eigenvalue weighted by Gasteiger charge is -2.29. The maximum Gasteiger partial charge on any atom is 0.123 e. The zero-order chi connectivity index (χ0) is 13.4. The maximum atomic E-state index is 13.5. The molecule has 1 aliphatic rings. The Hall–Kier alpha value is -1.13. The van der Waals surface area contributed by atoms with Crippen molar-refractivity contribution in [1.29, 1.82) is 0 Å². The van der Waals surface area contributed by atoms with Gasteiger partial charge in [-0.2, -0.15) is 12.6 Å². The van der Waals surface area contributed by atoms with E-state index in [1.54, 1.807) is 12.1 Å². The molecule has 3 rings (SSSR count). The number of nitrogens with zero attached hydrogens (tertiary/aromatic N) is 2. The summed E-state index contributed by atoms with van der Waals surface area (Å²) in [5, 5.41) is 0.909. The number of benzene rings is 1. The van der Waals surface area contributed by atoms with Crippen molar-refractivity contribution >= 4 is 23.5 Å². The lowest BCUT2D eigenvalue weighted by molar-refractivity contribution is 0.265. The highest BCUT2D eigenvalue weighted by Crippen LogP contribution is 2.29. The Kier molecular flexibility index (Phi) is 3.46. The quantitative estimate of drug-likeness (QED) is 0.848. The minimum Gasteiger partial charge on any atom is -0.299 e. The summed E-state index contributed by atoms with van der Waals surface area (Å²) in [5.74, 6) is 0.419. The number of halogens is 1. The Bertz CT molecular complexity index is 627. The Morgan fingerprint density at radius 2 is 2.26 bits per heavy atom. The number of aromatic nitrogens is 1. The summed E-state index contributed by atoms with van der Waals surface area (Å²) in [6, 6.07) is 4.83. The Labute approximate surface area is 118 Å². The fourth-order valence-corrected chi connectivity index (χ4v) is 3.17. The van der Waals surface area contributed by atoms with Crippen molar-refractivity contribution in [3.63, 3.8) is 0 Å². The molecule has 2 aromatic rings. The molecular formula is C15H17FN2S. The third-order valence-corrected chi connectivity index (χ3v) is 4.22. The average Bonchev–Trinajstić information content (AvgIpc) is 2.44. The van der Waals surface area contributed by atoms with Gasteiger partial charge in [0, 0.05) is 36.3 Å². The molecule has 1 aromatic carbocycles. The zero-order valence-corrected chi connectivity index (χ0v) is 11.9. The molecule has 19 heavy (non-hydrogen) atoms. The first-order chi connectivity index (χ1) is 9.22. The smallest absolute Gasteiger partial charge is 0.123 e. The monoisotopic (exact) mass is 276 g/mol. The second-order valence-electron chi connectivity index (χ2n) is 4.95. The largest absolute Gasteiger partial charge is 0.299 e. The van der Waals surface area contributed by atoms with Gasteiger partial charge in [0.25, 0.3) is 0 Å². The van der Waals surface area contributed by atoms with Gasteiger partial charge in [-0.1, -0.05) is 6.92 Å². The van der Waals surface area contributed by atoms with E-state index in [1.165, 1.54) is 11.6 Å². The average molecular weight is 276 g/mol. The van der Waals surface area contributed by atoms with Crippen LogP contribution in [0.5, 0.6) is 0 Å². The number of rotatable bonds is 2. The summed E-state index contributed by atoms with van der Waals surface area (Å²) >= 11 is 4.44. The van der Waals surface area contributed by atoms with Gasteiger partial charge in [-0.05, 0) is 35.9 Å². The van der Waals surface area contributed by atoms with E-state index >= 15 is 0 Å². The van der Waals surface area contributed by atoms with Gasteiger partial charge in [-0.3, -0.25) is 9.88 Å². The molecular weight excluding hydrogens is 259 g/mol. The molecule has 0 saturated heterocycles. The van der Waals surface area contributed by atoms with Gasteiger partial charge in [0.15, 0.2) is 0 Å². The highest BCUT2D eigenvalue weighted by molar-refractivity contribution is 7.79. The van der Waals surface area contributed by atoms with Crippen LogP contribution in [-0.4, -0.2) is 23.0 Å². The van der Waals surface area contributed by atoms with Crippen LogP contribution in [0.15, 0.2) is 18.2 Å². The summed E-state index contributed by atoms with van der Waals surface area (Å²) in [7, 11) is 0. The molecule has 0 N–H and O–H groups in total. The molecule has 100 valence electrons. The first-order valence-electron chi connectivity index (χ1n) is 6.66. The summed E-state index contributed by atoms with van der Waals surface area (Å²) in [4.78, 5) is 7.10. The molecule has 4 heteroatoms. The topological polar surface area (TPSA) is 16.1 Å². The molecule has 0 aliphatic carbocycles.